The number of hydrogen-bond donors (Lipinski definition) is 6. The Morgan fingerprint density at radius 3 is 1.98 bits per heavy atom. The number of hydrogen-bond acceptors (Lipinski definition) is 7. The van der Waals surface area contributed by atoms with Gasteiger partial charge in [-0.1, -0.05) is 56.3 Å². The maximum absolute atomic E-state index is 13.0. The lowest BCUT2D eigenvalue weighted by molar-refractivity contribution is -0.142. The van der Waals surface area contributed by atoms with E-state index in [0.717, 1.165) is 11.1 Å². The number of carboxylic acids is 1. The summed E-state index contributed by atoms with van der Waals surface area (Å²) in [6.07, 6.45) is 0.589. The standard InChI is InChI=1S/C29H39N5O7/c1-18(2)13-24(29(39)40)34-28(38)23(15-19-7-5-4-6-8-19)33-26(36)17-31-25(35)16-32-27(37)22(30)14-20-9-11-21(41-3)12-10-20/h4-12,18,22-24H,13-17,30H2,1-3H3,(H,31,35)(H,32,37)(H,33,36)(H,34,38)(H,39,40)/t22-,23-,24-/m0/s1. The van der Waals surface area contributed by atoms with Crippen molar-refractivity contribution in [3.8, 4) is 5.75 Å². The van der Waals surface area contributed by atoms with E-state index in [4.69, 9.17) is 10.5 Å². The highest BCUT2D eigenvalue weighted by molar-refractivity contribution is 5.93. The van der Waals surface area contributed by atoms with Gasteiger partial charge in [-0.25, -0.2) is 4.79 Å². The summed E-state index contributed by atoms with van der Waals surface area (Å²) in [5, 5.41) is 19.4. The van der Waals surface area contributed by atoms with Crippen LogP contribution < -0.4 is 31.7 Å². The second-order valence-electron chi connectivity index (χ2n) is 9.99. The van der Waals surface area contributed by atoms with Crippen molar-refractivity contribution < 1.29 is 33.8 Å². The average Bonchev–Trinajstić information content (AvgIpc) is 2.94. The second kappa shape index (κ2) is 16.6. The molecule has 0 saturated carbocycles. The van der Waals surface area contributed by atoms with Crippen molar-refractivity contribution >= 4 is 29.6 Å². The molecule has 0 fully saturated rings. The first-order valence-corrected chi connectivity index (χ1v) is 13.3. The molecule has 41 heavy (non-hydrogen) atoms. The van der Waals surface area contributed by atoms with Gasteiger partial charge in [0.2, 0.25) is 23.6 Å². The van der Waals surface area contributed by atoms with E-state index >= 15 is 0 Å². The van der Waals surface area contributed by atoms with Crippen LogP contribution in [0.25, 0.3) is 0 Å². The molecule has 2 aromatic carbocycles. The summed E-state index contributed by atoms with van der Waals surface area (Å²) in [5.41, 5.74) is 7.51. The molecule has 2 aromatic rings. The Morgan fingerprint density at radius 2 is 1.39 bits per heavy atom. The van der Waals surface area contributed by atoms with Gasteiger partial charge in [-0.2, -0.15) is 0 Å². The third kappa shape index (κ3) is 12.1. The van der Waals surface area contributed by atoms with Crippen LogP contribution in [0.15, 0.2) is 54.6 Å². The third-order valence-electron chi connectivity index (χ3n) is 6.08. The molecule has 0 radical (unpaired) electrons. The van der Waals surface area contributed by atoms with Crippen LogP contribution in [-0.4, -0.2) is 73.0 Å². The molecule has 0 aromatic heterocycles. The molecule has 0 aliphatic heterocycles. The second-order valence-corrected chi connectivity index (χ2v) is 9.99. The Bertz CT molecular complexity index is 1170. The van der Waals surface area contributed by atoms with Crippen molar-refractivity contribution in [1.82, 2.24) is 21.3 Å². The van der Waals surface area contributed by atoms with Crippen molar-refractivity contribution in [1.29, 1.82) is 0 Å². The van der Waals surface area contributed by atoms with Crippen molar-refractivity contribution in [2.24, 2.45) is 11.7 Å². The first-order valence-electron chi connectivity index (χ1n) is 13.3. The molecule has 222 valence electrons. The van der Waals surface area contributed by atoms with Crippen LogP contribution in [0.1, 0.15) is 31.4 Å². The third-order valence-corrected chi connectivity index (χ3v) is 6.08. The predicted octanol–water partition coefficient (Wildman–Crippen LogP) is 0.140. The summed E-state index contributed by atoms with van der Waals surface area (Å²) in [7, 11) is 1.55. The van der Waals surface area contributed by atoms with Gasteiger partial charge in [0.05, 0.1) is 26.2 Å². The number of carboxylic acid groups (broad SMARTS) is 1. The van der Waals surface area contributed by atoms with Crippen molar-refractivity contribution in [2.75, 3.05) is 20.2 Å². The number of amides is 4. The summed E-state index contributed by atoms with van der Waals surface area (Å²) in [6, 6.07) is 12.9. The maximum atomic E-state index is 13.0. The van der Waals surface area contributed by atoms with Crippen LogP contribution in [0.4, 0.5) is 0 Å². The van der Waals surface area contributed by atoms with Gasteiger partial charge < -0.3 is 36.8 Å². The van der Waals surface area contributed by atoms with Crippen molar-refractivity contribution in [2.45, 2.75) is 51.2 Å². The molecule has 12 nitrogen and oxygen atoms in total. The Morgan fingerprint density at radius 1 is 0.780 bits per heavy atom. The zero-order valence-corrected chi connectivity index (χ0v) is 23.5. The number of carbonyl (C=O) groups excluding carboxylic acids is 4. The molecule has 0 unspecified atom stereocenters. The Balaban J connectivity index is 1.88. The fourth-order valence-electron chi connectivity index (χ4n) is 3.92. The van der Waals surface area contributed by atoms with Crippen LogP contribution >= 0.6 is 0 Å². The molecule has 0 saturated heterocycles. The highest BCUT2D eigenvalue weighted by atomic mass is 16.5. The number of carbonyl (C=O) groups is 5. The van der Waals surface area contributed by atoms with E-state index in [1.54, 1.807) is 61.7 Å². The van der Waals surface area contributed by atoms with Gasteiger partial charge in [-0.15, -0.1) is 0 Å². The molecule has 0 aliphatic carbocycles. The van der Waals surface area contributed by atoms with Gasteiger partial charge in [0.15, 0.2) is 0 Å². The Kier molecular flexibility index (Phi) is 13.3. The first kappa shape index (κ1) is 32.8. The molecule has 2 rings (SSSR count). The fraction of sp³-hybridized carbons (Fsp3) is 0.414. The molecule has 12 heteroatoms. The van der Waals surface area contributed by atoms with Crippen LogP contribution in [-0.2, 0) is 36.8 Å². The smallest absolute Gasteiger partial charge is 0.326 e. The van der Waals surface area contributed by atoms with Gasteiger partial charge in [0.25, 0.3) is 0 Å². The minimum atomic E-state index is -1.17. The summed E-state index contributed by atoms with van der Waals surface area (Å²) < 4.78 is 5.10. The SMILES string of the molecule is COc1ccc(C[C@H](N)C(=O)NCC(=O)NCC(=O)N[C@@H](Cc2ccccc2)C(=O)N[C@@H](CC(C)C)C(=O)O)cc1. The molecule has 0 bridgehead atoms. The van der Waals surface area contributed by atoms with Crippen molar-refractivity contribution in [3.63, 3.8) is 0 Å². The molecular weight excluding hydrogens is 530 g/mol. The normalized spacial score (nSPS) is 12.9. The molecule has 7 N–H and O–H groups in total. The van der Waals surface area contributed by atoms with Crippen molar-refractivity contribution in [3.05, 3.63) is 65.7 Å². The number of methoxy groups -OCH3 is 1. The van der Waals surface area contributed by atoms with Gasteiger partial charge in [0, 0.05) is 6.42 Å². The monoisotopic (exact) mass is 569 g/mol. The van der Waals surface area contributed by atoms with Gasteiger partial charge in [-0.3, -0.25) is 19.2 Å². The molecule has 4 amide bonds. The Hall–Kier alpha value is -4.45. The zero-order chi connectivity index (χ0) is 30.4. The van der Waals surface area contributed by atoms with Gasteiger partial charge >= 0.3 is 5.97 Å². The number of benzene rings is 2. The largest absolute Gasteiger partial charge is 0.497 e. The number of rotatable bonds is 16. The lowest BCUT2D eigenvalue weighted by Crippen LogP contribution is -2.54. The molecule has 0 heterocycles. The molecule has 0 spiro atoms. The van der Waals surface area contributed by atoms with Crippen LogP contribution in [0.3, 0.4) is 0 Å². The minimum Gasteiger partial charge on any atom is -0.497 e. The molecule has 3 atom stereocenters. The maximum Gasteiger partial charge on any atom is 0.326 e. The quantitative estimate of drug-likeness (QED) is 0.165. The molecular formula is C29H39N5O7. The number of nitrogens with two attached hydrogens (primary N) is 1. The van der Waals surface area contributed by atoms with Crippen LogP contribution in [0, 0.1) is 5.92 Å². The minimum absolute atomic E-state index is 0.0197. The van der Waals surface area contributed by atoms with Crippen LogP contribution in [0.2, 0.25) is 0 Å². The first-order chi connectivity index (χ1) is 19.5. The Labute approximate surface area is 239 Å². The fourth-order valence-corrected chi connectivity index (χ4v) is 3.92. The van der Waals surface area contributed by atoms with E-state index in [9.17, 15) is 29.1 Å². The highest BCUT2D eigenvalue weighted by Gasteiger charge is 2.27. The summed E-state index contributed by atoms with van der Waals surface area (Å²) in [4.78, 5) is 61.7. The van der Waals surface area contributed by atoms with Gasteiger partial charge in [-0.05, 0) is 42.0 Å². The number of nitrogens with one attached hydrogen (secondary N) is 4. The number of ether oxygens (including phenoxy) is 1. The van der Waals surface area contributed by atoms with E-state index in [0.29, 0.717) is 5.75 Å². The van der Waals surface area contributed by atoms with E-state index in [1.807, 2.05) is 13.8 Å². The van der Waals surface area contributed by atoms with E-state index in [-0.39, 0.29) is 25.2 Å². The van der Waals surface area contributed by atoms with E-state index < -0.39 is 60.8 Å². The highest BCUT2D eigenvalue weighted by Crippen LogP contribution is 2.12. The summed E-state index contributed by atoms with van der Waals surface area (Å²) in [6.45, 7) is 2.82. The molecule has 0 aliphatic rings. The lowest BCUT2D eigenvalue weighted by Gasteiger charge is -2.22. The van der Waals surface area contributed by atoms with Crippen LogP contribution in [0.5, 0.6) is 5.75 Å². The van der Waals surface area contributed by atoms with E-state index in [2.05, 4.69) is 21.3 Å². The van der Waals surface area contributed by atoms with Gasteiger partial charge in [0.1, 0.15) is 17.8 Å². The topological polar surface area (TPSA) is 189 Å². The summed E-state index contributed by atoms with van der Waals surface area (Å²) in [5.74, 6) is -2.95. The predicted molar refractivity (Wildman–Crippen MR) is 152 cm³/mol. The average molecular weight is 570 g/mol. The summed E-state index contributed by atoms with van der Waals surface area (Å²) >= 11 is 0. The number of aliphatic carboxylic acids is 1. The zero-order valence-electron chi connectivity index (χ0n) is 23.5. The van der Waals surface area contributed by atoms with E-state index in [1.165, 1.54) is 0 Å². The lowest BCUT2D eigenvalue weighted by atomic mass is 10.0.